The Morgan fingerprint density at radius 3 is 2.80 bits per heavy atom. The van der Waals surface area contributed by atoms with Crippen LogP contribution in [0.2, 0.25) is 0 Å². The van der Waals surface area contributed by atoms with E-state index in [1.807, 2.05) is 20.8 Å². The van der Waals surface area contributed by atoms with Crippen LogP contribution in [-0.4, -0.2) is 48.2 Å². The van der Waals surface area contributed by atoms with Gasteiger partial charge in [-0.15, -0.1) is 0 Å². The number of anilines is 1. The first-order valence-electron chi connectivity index (χ1n) is 8.10. The number of carbonyl (C=O) groups excluding carboxylic acids is 2. The number of amides is 2. The summed E-state index contributed by atoms with van der Waals surface area (Å²) in [4.78, 5) is 26.0. The van der Waals surface area contributed by atoms with Crippen molar-refractivity contribution in [3.05, 3.63) is 28.5 Å². The molecule has 1 aromatic rings. The Hall–Kier alpha value is -1.67. The van der Waals surface area contributed by atoms with Gasteiger partial charge in [0.25, 0.3) is 0 Å². The monoisotopic (exact) mass is 415 g/mol. The summed E-state index contributed by atoms with van der Waals surface area (Å²) in [6.07, 6.45) is -0.177. The van der Waals surface area contributed by atoms with Gasteiger partial charge in [-0.2, -0.15) is 0 Å². The second-order valence-corrected chi connectivity index (χ2v) is 7.81. The van der Waals surface area contributed by atoms with Crippen LogP contribution in [-0.2, 0) is 9.53 Å². The second kappa shape index (κ2) is 8.14. The summed E-state index contributed by atoms with van der Waals surface area (Å²) in [7, 11) is 0. The Morgan fingerprint density at radius 2 is 2.16 bits per heavy atom. The number of carbonyl (C=O) groups is 2. The maximum atomic E-state index is 13.1. The smallest absolute Gasteiger partial charge is 0.410 e. The van der Waals surface area contributed by atoms with Crippen molar-refractivity contribution in [2.24, 2.45) is 0 Å². The number of ether oxygens (including phenoxy) is 1. The molecule has 1 atom stereocenters. The highest BCUT2D eigenvalue weighted by Crippen LogP contribution is 2.23. The van der Waals surface area contributed by atoms with Gasteiger partial charge in [-0.25, -0.2) is 9.18 Å². The molecule has 6 nitrogen and oxygen atoms in total. The predicted molar refractivity (Wildman–Crippen MR) is 96.9 cm³/mol. The molecule has 8 heteroatoms. The third-order valence-electron chi connectivity index (χ3n) is 3.54. The van der Waals surface area contributed by atoms with E-state index in [4.69, 9.17) is 4.74 Å². The van der Waals surface area contributed by atoms with Crippen LogP contribution in [0, 0.1) is 5.82 Å². The van der Waals surface area contributed by atoms with Crippen LogP contribution in [0.1, 0.15) is 27.2 Å². The fourth-order valence-electron chi connectivity index (χ4n) is 2.47. The molecule has 0 aliphatic carbocycles. The molecule has 1 aliphatic rings. The van der Waals surface area contributed by atoms with Gasteiger partial charge in [0.1, 0.15) is 11.4 Å². The number of hydrogen-bond donors (Lipinski definition) is 2. The predicted octanol–water partition coefficient (Wildman–Crippen LogP) is 3.13. The highest BCUT2D eigenvalue weighted by molar-refractivity contribution is 9.10. The van der Waals surface area contributed by atoms with Gasteiger partial charge >= 0.3 is 6.09 Å². The molecule has 2 N–H and O–H groups in total. The van der Waals surface area contributed by atoms with Gasteiger partial charge in [0.15, 0.2) is 0 Å². The van der Waals surface area contributed by atoms with Gasteiger partial charge in [-0.1, -0.05) is 0 Å². The zero-order chi connectivity index (χ0) is 18.6. The molecule has 138 valence electrons. The Labute approximate surface area is 155 Å². The third-order valence-corrected chi connectivity index (χ3v) is 4.20. The first-order chi connectivity index (χ1) is 11.6. The van der Waals surface area contributed by atoms with E-state index < -0.39 is 5.60 Å². The molecule has 1 aliphatic heterocycles. The van der Waals surface area contributed by atoms with E-state index >= 15 is 0 Å². The first-order valence-corrected chi connectivity index (χ1v) is 8.89. The molecule has 0 radical (unpaired) electrons. The van der Waals surface area contributed by atoms with Crippen LogP contribution in [0.25, 0.3) is 0 Å². The fourth-order valence-corrected chi connectivity index (χ4v) is 2.92. The largest absolute Gasteiger partial charge is 0.444 e. The quantitative estimate of drug-likeness (QED) is 0.795. The van der Waals surface area contributed by atoms with E-state index in [-0.39, 0.29) is 30.3 Å². The lowest BCUT2D eigenvalue weighted by atomic mass is 10.1. The van der Waals surface area contributed by atoms with Crippen molar-refractivity contribution in [1.29, 1.82) is 0 Å². The van der Waals surface area contributed by atoms with E-state index in [0.29, 0.717) is 29.8 Å². The van der Waals surface area contributed by atoms with Crippen molar-refractivity contribution in [2.45, 2.75) is 38.8 Å². The van der Waals surface area contributed by atoms with Crippen molar-refractivity contribution in [1.82, 2.24) is 10.2 Å². The molecule has 1 fully saturated rings. The lowest BCUT2D eigenvalue weighted by molar-refractivity contribution is -0.117. The highest BCUT2D eigenvalue weighted by Gasteiger charge is 2.28. The summed E-state index contributed by atoms with van der Waals surface area (Å²) in [6.45, 7) is 6.98. The molecule has 0 bridgehead atoms. The van der Waals surface area contributed by atoms with Gasteiger partial charge < -0.3 is 20.3 Å². The molecule has 25 heavy (non-hydrogen) atoms. The van der Waals surface area contributed by atoms with Crippen LogP contribution >= 0.6 is 15.9 Å². The van der Waals surface area contributed by atoms with Crippen molar-refractivity contribution in [3.8, 4) is 0 Å². The molecular weight excluding hydrogens is 393 g/mol. The Kier molecular flexibility index (Phi) is 6.40. The molecule has 0 aromatic heterocycles. The SMILES string of the molecule is CC(C)(C)OC(=O)N1CCNC(CC(=O)Nc2ccc(F)cc2Br)C1. The molecule has 1 heterocycles. The first kappa shape index (κ1) is 19.7. The van der Waals surface area contributed by atoms with Crippen LogP contribution in [0.4, 0.5) is 14.9 Å². The van der Waals surface area contributed by atoms with Gasteiger partial charge in [0.05, 0.1) is 5.69 Å². The van der Waals surface area contributed by atoms with E-state index in [2.05, 4.69) is 26.6 Å². The minimum atomic E-state index is -0.552. The van der Waals surface area contributed by atoms with Crippen LogP contribution in [0.15, 0.2) is 22.7 Å². The normalized spacial score (nSPS) is 18.0. The van der Waals surface area contributed by atoms with Crippen LogP contribution in [0.5, 0.6) is 0 Å². The minimum Gasteiger partial charge on any atom is -0.444 e. The Morgan fingerprint density at radius 1 is 1.44 bits per heavy atom. The molecule has 0 saturated carbocycles. The second-order valence-electron chi connectivity index (χ2n) is 6.95. The summed E-state index contributed by atoms with van der Waals surface area (Å²) in [5, 5.41) is 5.97. The number of hydrogen-bond acceptors (Lipinski definition) is 4. The topological polar surface area (TPSA) is 70.7 Å². The molecule has 1 aromatic carbocycles. The van der Waals surface area contributed by atoms with E-state index in [1.165, 1.54) is 18.2 Å². The number of nitrogens with zero attached hydrogens (tertiary/aromatic N) is 1. The molecule has 1 unspecified atom stereocenters. The van der Waals surface area contributed by atoms with E-state index in [0.717, 1.165) is 0 Å². The van der Waals surface area contributed by atoms with Gasteiger partial charge in [0, 0.05) is 36.6 Å². The number of piperazine rings is 1. The Balaban J connectivity index is 1.89. The maximum absolute atomic E-state index is 13.1. The Bertz CT molecular complexity index is 649. The number of halogens is 2. The summed E-state index contributed by atoms with van der Waals surface area (Å²) >= 11 is 3.22. The van der Waals surface area contributed by atoms with Gasteiger partial charge in [0.2, 0.25) is 5.91 Å². The highest BCUT2D eigenvalue weighted by atomic mass is 79.9. The van der Waals surface area contributed by atoms with Crippen molar-refractivity contribution in [2.75, 3.05) is 25.0 Å². The van der Waals surface area contributed by atoms with Crippen LogP contribution < -0.4 is 10.6 Å². The molecular formula is C17H23BrFN3O3. The molecule has 0 spiro atoms. The lowest BCUT2D eigenvalue weighted by Crippen LogP contribution is -2.54. The summed E-state index contributed by atoms with van der Waals surface area (Å²) in [6, 6.07) is 3.90. The number of nitrogens with one attached hydrogen (secondary N) is 2. The summed E-state index contributed by atoms with van der Waals surface area (Å²) in [5.74, 6) is -0.595. The van der Waals surface area contributed by atoms with Crippen molar-refractivity contribution < 1.29 is 18.7 Å². The average molecular weight is 416 g/mol. The minimum absolute atomic E-state index is 0.166. The summed E-state index contributed by atoms with van der Waals surface area (Å²) < 4.78 is 18.9. The number of benzene rings is 1. The molecule has 2 amide bonds. The average Bonchev–Trinajstić information content (AvgIpc) is 2.48. The molecule has 2 rings (SSSR count). The molecule has 1 saturated heterocycles. The van der Waals surface area contributed by atoms with Gasteiger partial charge in [-0.3, -0.25) is 4.79 Å². The van der Waals surface area contributed by atoms with Gasteiger partial charge in [-0.05, 0) is 54.9 Å². The number of rotatable bonds is 3. The zero-order valence-corrected chi connectivity index (χ0v) is 16.2. The fraction of sp³-hybridized carbons (Fsp3) is 0.529. The maximum Gasteiger partial charge on any atom is 0.410 e. The van der Waals surface area contributed by atoms with Crippen molar-refractivity contribution in [3.63, 3.8) is 0 Å². The standard InChI is InChI=1S/C17H23BrFN3O3/c1-17(2,3)25-16(24)22-7-6-20-12(10-22)9-15(23)21-14-5-4-11(19)8-13(14)18/h4-5,8,12,20H,6-7,9-10H2,1-3H3,(H,21,23). The summed E-state index contributed by atoms with van der Waals surface area (Å²) in [5.41, 5.74) is -0.0461. The van der Waals surface area contributed by atoms with E-state index in [9.17, 15) is 14.0 Å². The lowest BCUT2D eigenvalue weighted by Gasteiger charge is -2.34. The zero-order valence-electron chi connectivity index (χ0n) is 14.6. The van der Waals surface area contributed by atoms with Crippen molar-refractivity contribution >= 4 is 33.6 Å². The van der Waals surface area contributed by atoms with Crippen LogP contribution in [0.3, 0.4) is 0 Å². The third kappa shape index (κ3) is 6.28. The van der Waals surface area contributed by atoms with E-state index in [1.54, 1.807) is 4.90 Å².